The maximum absolute atomic E-state index is 13.4. The van der Waals surface area contributed by atoms with E-state index in [1.54, 1.807) is 0 Å². The van der Waals surface area contributed by atoms with Crippen LogP contribution in [0.2, 0.25) is 0 Å². The van der Waals surface area contributed by atoms with Crippen molar-refractivity contribution in [3.63, 3.8) is 0 Å². The molecule has 1 aromatic heterocycles. The van der Waals surface area contributed by atoms with Gasteiger partial charge >= 0.3 is 0 Å². The lowest BCUT2D eigenvalue weighted by Crippen LogP contribution is -2.27. The monoisotopic (exact) mass is 264 g/mol. The lowest BCUT2D eigenvalue weighted by Gasteiger charge is -2.07. The summed E-state index contributed by atoms with van der Waals surface area (Å²) in [5, 5.41) is 2.06. The Hall–Kier alpha value is -2.50. The van der Waals surface area contributed by atoms with E-state index in [0.29, 0.717) is 0 Å². The van der Waals surface area contributed by atoms with E-state index in [1.807, 2.05) is 0 Å². The van der Waals surface area contributed by atoms with Crippen molar-refractivity contribution in [2.75, 3.05) is 5.32 Å². The first kappa shape index (κ1) is 12.9. The molecule has 0 saturated heterocycles. The Morgan fingerprint density at radius 1 is 1.16 bits per heavy atom. The number of hydrogen-bond acceptors (Lipinski definition) is 2. The van der Waals surface area contributed by atoms with Crippen molar-refractivity contribution in [3.8, 4) is 0 Å². The molecule has 4 nitrogen and oxygen atoms in total. The van der Waals surface area contributed by atoms with Crippen molar-refractivity contribution < 1.29 is 13.6 Å². The number of nitrogens with zero attached hydrogens (tertiary/aromatic N) is 1. The van der Waals surface area contributed by atoms with Gasteiger partial charge in [0.15, 0.2) is 0 Å². The molecule has 0 spiro atoms. The second-order valence-electron chi connectivity index (χ2n) is 3.89. The Bertz CT molecular complexity index is 675. The van der Waals surface area contributed by atoms with E-state index in [9.17, 15) is 18.4 Å². The summed E-state index contributed by atoms with van der Waals surface area (Å²) in [6.45, 7) is 0. The predicted octanol–water partition coefficient (Wildman–Crippen LogP) is 1.92. The van der Waals surface area contributed by atoms with Gasteiger partial charge in [-0.1, -0.05) is 6.07 Å². The number of anilines is 1. The van der Waals surface area contributed by atoms with Gasteiger partial charge in [-0.15, -0.1) is 0 Å². The van der Waals surface area contributed by atoms with Gasteiger partial charge in [0.05, 0.1) is 0 Å². The molecule has 0 aliphatic rings. The summed E-state index contributed by atoms with van der Waals surface area (Å²) >= 11 is 0. The van der Waals surface area contributed by atoms with Crippen LogP contribution in [-0.4, -0.2) is 10.5 Å². The highest BCUT2D eigenvalue weighted by Gasteiger charge is 2.15. The maximum Gasteiger partial charge on any atom is 0.263 e. The van der Waals surface area contributed by atoms with E-state index in [0.717, 1.165) is 12.1 Å². The molecule has 2 rings (SSSR count). The second kappa shape index (κ2) is 5.01. The minimum atomic E-state index is -0.902. The molecule has 1 N–H and O–H groups in total. The number of halogens is 2. The van der Waals surface area contributed by atoms with Gasteiger partial charge in [0.25, 0.3) is 11.5 Å². The third kappa shape index (κ3) is 2.52. The lowest BCUT2D eigenvalue weighted by atomic mass is 10.2. The number of aryl methyl sites for hydroxylation is 1. The van der Waals surface area contributed by atoms with Crippen molar-refractivity contribution in [2.45, 2.75) is 0 Å². The minimum absolute atomic E-state index is 0.187. The zero-order chi connectivity index (χ0) is 14.0. The summed E-state index contributed by atoms with van der Waals surface area (Å²) < 4.78 is 27.9. The van der Waals surface area contributed by atoms with E-state index in [2.05, 4.69) is 5.32 Å². The first-order valence-corrected chi connectivity index (χ1v) is 5.41. The average Bonchev–Trinajstić information content (AvgIpc) is 2.37. The van der Waals surface area contributed by atoms with Crippen molar-refractivity contribution in [1.82, 2.24) is 4.57 Å². The van der Waals surface area contributed by atoms with Crippen molar-refractivity contribution in [3.05, 3.63) is 64.1 Å². The van der Waals surface area contributed by atoms with E-state index >= 15 is 0 Å². The molecule has 0 bridgehead atoms. The first-order valence-electron chi connectivity index (χ1n) is 5.41. The number of para-hydroxylation sites is 1. The molecule has 19 heavy (non-hydrogen) atoms. The van der Waals surface area contributed by atoms with Gasteiger partial charge in [0, 0.05) is 13.2 Å². The highest BCUT2D eigenvalue weighted by molar-refractivity contribution is 6.04. The highest BCUT2D eigenvalue weighted by atomic mass is 19.1. The fraction of sp³-hybridized carbons (Fsp3) is 0.0769. The molecular weight excluding hydrogens is 254 g/mol. The number of carbonyl (C=O) groups is 1. The summed E-state index contributed by atoms with van der Waals surface area (Å²) in [4.78, 5) is 23.5. The van der Waals surface area contributed by atoms with Gasteiger partial charge in [-0.3, -0.25) is 9.59 Å². The number of hydrogen-bond donors (Lipinski definition) is 1. The summed E-state index contributed by atoms with van der Waals surface area (Å²) in [6.07, 6.45) is 1.47. The van der Waals surface area contributed by atoms with Crippen LogP contribution in [0.15, 0.2) is 41.3 Å². The van der Waals surface area contributed by atoms with Gasteiger partial charge in [0.1, 0.15) is 22.9 Å². The fourth-order valence-corrected chi connectivity index (χ4v) is 1.57. The Morgan fingerprint density at radius 2 is 1.79 bits per heavy atom. The summed E-state index contributed by atoms with van der Waals surface area (Å²) in [5.74, 6) is -2.66. The van der Waals surface area contributed by atoms with Gasteiger partial charge in [-0.2, -0.15) is 0 Å². The normalized spacial score (nSPS) is 10.3. The van der Waals surface area contributed by atoms with Crippen LogP contribution in [0.3, 0.4) is 0 Å². The Kier molecular flexibility index (Phi) is 3.41. The standard InChI is InChI=1S/C13H10F2N2O2/c1-17-7-3-4-8(13(17)19)12(18)16-11-9(14)5-2-6-10(11)15/h2-7H,1H3,(H,16,18). The number of rotatable bonds is 2. The first-order chi connectivity index (χ1) is 9.00. The number of carbonyl (C=O) groups excluding carboxylic acids is 1. The van der Waals surface area contributed by atoms with E-state index in [4.69, 9.17) is 0 Å². The van der Waals surface area contributed by atoms with Crippen molar-refractivity contribution in [2.24, 2.45) is 7.05 Å². The van der Waals surface area contributed by atoms with E-state index in [1.165, 1.54) is 36.0 Å². The smallest absolute Gasteiger partial charge is 0.263 e. The topological polar surface area (TPSA) is 51.1 Å². The van der Waals surface area contributed by atoms with Crippen LogP contribution >= 0.6 is 0 Å². The SMILES string of the molecule is Cn1cccc(C(=O)Nc2c(F)cccc2F)c1=O. The van der Waals surface area contributed by atoms with Crippen molar-refractivity contribution in [1.29, 1.82) is 0 Å². The second-order valence-corrected chi connectivity index (χ2v) is 3.89. The molecule has 0 radical (unpaired) electrons. The molecule has 0 unspecified atom stereocenters. The molecule has 1 amide bonds. The van der Waals surface area contributed by atoms with Crippen LogP contribution in [0.5, 0.6) is 0 Å². The van der Waals surface area contributed by atoms with Crippen LogP contribution in [0.25, 0.3) is 0 Å². The van der Waals surface area contributed by atoms with Gasteiger partial charge < -0.3 is 9.88 Å². The Morgan fingerprint density at radius 3 is 2.42 bits per heavy atom. The fourth-order valence-electron chi connectivity index (χ4n) is 1.57. The number of nitrogens with one attached hydrogen (secondary N) is 1. The lowest BCUT2D eigenvalue weighted by molar-refractivity contribution is 0.102. The molecule has 0 fully saturated rings. The zero-order valence-corrected chi connectivity index (χ0v) is 9.98. The van der Waals surface area contributed by atoms with Gasteiger partial charge in [-0.05, 0) is 24.3 Å². The molecule has 0 aliphatic carbocycles. The van der Waals surface area contributed by atoms with Crippen molar-refractivity contribution >= 4 is 11.6 Å². The number of benzene rings is 1. The summed E-state index contributed by atoms with van der Waals surface area (Å²) in [5.41, 5.74) is -1.30. The third-order valence-corrected chi connectivity index (χ3v) is 2.57. The minimum Gasteiger partial charge on any atom is -0.318 e. The highest BCUT2D eigenvalue weighted by Crippen LogP contribution is 2.18. The average molecular weight is 264 g/mol. The van der Waals surface area contributed by atoms with Crippen LogP contribution in [-0.2, 0) is 7.05 Å². The quantitative estimate of drug-likeness (QED) is 0.900. The number of amides is 1. The maximum atomic E-state index is 13.4. The molecule has 0 aliphatic heterocycles. The number of pyridine rings is 1. The summed E-state index contributed by atoms with van der Waals surface area (Å²) in [7, 11) is 1.47. The van der Waals surface area contributed by atoms with Crippen LogP contribution in [0.1, 0.15) is 10.4 Å². The van der Waals surface area contributed by atoms with Crippen LogP contribution in [0.4, 0.5) is 14.5 Å². The van der Waals surface area contributed by atoms with E-state index in [-0.39, 0.29) is 5.56 Å². The molecule has 98 valence electrons. The van der Waals surface area contributed by atoms with Gasteiger partial charge in [-0.25, -0.2) is 8.78 Å². The molecule has 1 aromatic carbocycles. The third-order valence-electron chi connectivity index (χ3n) is 2.57. The molecule has 0 saturated carbocycles. The molecule has 6 heteroatoms. The Balaban J connectivity index is 2.37. The molecular formula is C13H10F2N2O2. The van der Waals surface area contributed by atoms with E-state index < -0.39 is 28.8 Å². The largest absolute Gasteiger partial charge is 0.318 e. The van der Waals surface area contributed by atoms with Gasteiger partial charge in [0.2, 0.25) is 0 Å². The molecule has 0 atom stereocenters. The molecule has 1 heterocycles. The van der Waals surface area contributed by atoms with Crippen LogP contribution in [0, 0.1) is 11.6 Å². The predicted molar refractivity (Wildman–Crippen MR) is 66.0 cm³/mol. The number of aromatic nitrogens is 1. The van der Waals surface area contributed by atoms with Crippen LogP contribution < -0.4 is 10.9 Å². The molecule has 2 aromatic rings. The summed E-state index contributed by atoms with van der Waals surface area (Å²) in [6, 6.07) is 6.00. The Labute approximate surface area is 107 Å². The zero-order valence-electron chi connectivity index (χ0n) is 9.98.